The van der Waals surface area contributed by atoms with Gasteiger partial charge >= 0.3 is 0 Å². The molecule has 3 aromatic carbocycles. The molecule has 1 fully saturated rings. The van der Waals surface area contributed by atoms with Crippen LogP contribution in [0.1, 0.15) is 11.1 Å². The molecule has 1 saturated heterocycles. The lowest BCUT2D eigenvalue weighted by molar-refractivity contribution is -0.110. The number of para-hydroxylation sites is 1. The van der Waals surface area contributed by atoms with Gasteiger partial charge in [0.1, 0.15) is 0 Å². The van der Waals surface area contributed by atoms with E-state index < -0.39 is 10.0 Å². The van der Waals surface area contributed by atoms with E-state index in [9.17, 15) is 13.2 Å². The molecule has 2 aliphatic rings. The molecule has 1 amide bonds. The molecule has 0 aromatic heterocycles. The SMILES string of the molecule is CN(c1ccc(NC(=C2C(=O)Nc3ccccc32)c2ccccc2)cc1)S(=O)(=O)CCN1CCOCC1. The number of hydrogen-bond acceptors (Lipinski definition) is 6. The van der Waals surface area contributed by atoms with Crippen LogP contribution in [0.15, 0.2) is 78.9 Å². The summed E-state index contributed by atoms with van der Waals surface area (Å²) < 4.78 is 32.6. The number of hydrogen-bond donors (Lipinski definition) is 2. The van der Waals surface area contributed by atoms with Crippen molar-refractivity contribution in [3.63, 3.8) is 0 Å². The third-order valence-corrected chi connectivity index (χ3v) is 8.41. The van der Waals surface area contributed by atoms with Crippen LogP contribution in [0.2, 0.25) is 0 Å². The van der Waals surface area contributed by atoms with Gasteiger partial charge in [-0.1, -0.05) is 48.5 Å². The second kappa shape index (κ2) is 10.8. The van der Waals surface area contributed by atoms with Crippen molar-refractivity contribution in [1.82, 2.24) is 4.90 Å². The smallest absolute Gasteiger partial charge is 0.258 e. The number of ether oxygens (including phenoxy) is 1. The number of amides is 1. The highest BCUT2D eigenvalue weighted by Crippen LogP contribution is 2.37. The van der Waals surface area contributed by atoms with E-state index in [1.165, 1.54) is 4.31 Å². The van der Waals surface area contributed by atoms with Crippen LogP contribution in [-0.4, -0.2) is 64.9 Å². The summed E-state index contributed by atoms with van der Waals surface area (Å²) in [6, 6.07) is 24.5. The molecule has 0 radical (unpaired) electrons. The van der Waals surface area contributed by atoms with Gasteiger partial charge in [0.2, 0.25) is 10.0 Å². The first-order chi connectivity index (χ1) is 17.9. The van der Waals surface area contributed by atoms with Crippen LogP contribution in [0.5, 0.6) is 0 Å². The van der Waals surface area contributed by atoms with E-state index in [4.69, 9.17) is 4.74 Å². The Morgan fingerprint density at radius 2 is 1.65 bits per heavy atom. The van der Waals surface area contributed by atoms with Crippen molar-refractivity contribution in [2.45, 2.75) is 0 Å². The van der Waals surface area contributed by atoms with Gasteiger partial charge in [-0.2, -0.15) is 0 Å². The van der Waals surface area contributed by atoms with E-state index >= 15 is 0 Å². The maximum absolute atomic E-state index is 13.0. The Hall–Kier alpha value is -3.66. The Morgan fingerprint density at radius 1 is 0.973 bits per heavy atom. The van der Waals surface area contributed by atoms with Crippen LogP contribution in [-0.2, 0) is 19.6 Å². The molecular weight excluding hydrogens is 488 g/mol. The quantitative estimate of drug-likeness (QED) is 0.442. The molecule has 0 spiro atoms. The first-order valence-corrected chi connectivity index (χ1v) is 13.9. The second-order valence-electron chi connectivity index (χ2n) is 9.03. The highest BCUT2D eigenvalue weighted by atomic mass is 32.2. The molecule has 8 nitrogen and oxygen atoms in total. The molecule has 3 aromatic rings. The molecule has 0 unspecified atom stereocenters. The molecule has 2 aliphatic heterocycles. The first-order valence-electron chi connectivity index (χ1n) is 12.3. The Labute approximate surface area is 217 Å². The number of benzene rings is 3. The van der Waals surface area contributed by atoms with Crippen molar-refractivity contribution in [3.05, 3.63) is 90.0 Å². The van der Waals surface area contributed by atoms with Crippen LogP contribution in [0.4, 0.5) is 17.1 Å². The number of sulfonamides is 1. The monoisotopic (exact) mass is 518 g/mol. The zero-order valence-corrected chi connectivity index (χ0v) is 21.5. The number of nitrogens with zero attached hydrogens (tertiary/aromatic N) is 2. The summed E-state index contributed by atoms with van der Waals surface area (Å²) in [7, 11) is -1.90. The summed E-state index contributed by atoms with van der Waals surface area (Å²) in [6.45, 7) is 3.26. The zero-order valence-electron chi connectivity index (χ0n) is 20.7. The van der Waals surface area contributed by atoms with Crippen molar-refractivity contribution in [3.8, 4) is 0 Å². The molecule has 192 valence electrons. The topological polar surface area (TPSA) is 91.0 Å². The van der Waals surface area contributed by atoms with Crippen LogP contribution < -0.4 is 14.9 Å². The molecule has 0 saturated carbocycles. The maximum Gasteiger partial charge on any atom is 0.258 e. The molecule has 0 aliphatic carbocycles. The van der Waals surface area contributed by atoms with Gasteiger partial charge in [0.15, 0.2) is 0 Å². The number of anilines is 3. The number of carbonyl (C=O) groups is 1. The zero-order chi connectivity index (χ0) is 25.8. The van der Waals surface area contributed by atoms with Gasteiger partial charge in [0, 0.05) is 43.6 Å². The van der Waals surface area contributed by atoms with Gasteiger partial charge in [-0.3, -0.25) is 14.0 Å². The largest absolute Gasteiger partial charge is 0.379 e. The molecule has 0 bridgehead atoms. The predicted molar refractivity (Wildman–Crippen MR) is 148 cm³/mol. The predicted octanol–water partition coefficient (Wildman–Crippen LogP) is 3.72. The van der Waals surface area contributed by atoms with Crippen LogP contribution in [0.25, 0.3) is 11.3 Å². The number of nitrogens with one attached hydrogen (secondary N) is 2. The molecule has 9 heteroatoms. The number of fused-ring (bicyclic) bond motifs is 1. The summed E-state index contributed by atoms with van der Waals surface area (Å²) in [5.41, 5.74) is 5.04. The van der Waals surface area contributed by atoms with E-state index in [2.05, 4.69) is 15.5 Å². The van der Waals surface area contributed by atoms with Crippen molar-refractivity contribution >= 4 is 44.3 Å². The van der Waals surface area contributed by atoms with Gasteiger partial charge in [-0.25, -0.2) is 8.42 Å². The second-order valence-corrected chi connectivity index (χ2v) is 11.1. The van der Waals surface area contributed by atoms with E-state index in [1.54, 1.807) is 19.2 Å². The average molecular weight is 519 g/mol. The standard InChI is InChI=1S/C28H30N4O4S/c1-31(37(34,35)20-17-32-15-18-36-19-16-32)23-13-11-22(12-14-23)29-27(21-7-3-2-4-8-21)26-24-9-5-6-10-25(24)30-28(26)33/h2-14,29H,15-20H2,1H3,(H,30,33). The fourth-order valence-electron chi connectivity index (χ4n) is 4.52. The minimum Gasteiger partial charge on any atom is -0.379 e. The van der Waals surface area contributed by atoms with Crippen molar-refractivity contribution in [1.29, 1.82) is 0 Å². The number of carbonyl (C=O) groups excluding carboxylic acids is 1. The third kappa shape index (κ3) is 5.53. The minimum atomic E-state index is -3.48. The summed E-state index contributed by atoms with van der Waals surface area (Å²) in [5.74, 6) is -0.127. The van der Waals surface area contributed by atoms with Gasteiger partial charge < -0.3 is 15.4 Å². The summed E-state index contributed by atoms with van der Waals surface area (Å²) in [5, 5.41) is 6.35. The summed E-state index contributed by atoms with van der Waals surface area (Å²) in [4.78, 5) is 15.1. The maximum atomic E-state index is 13.0. The number of morpholine rings is 1. The van der Waals surface area contributed by atoms with Crippen LogP contribution in [0, 0.1) is 0 Å². The fourth-order valence-corrected chi connectivity index (χ4v) is 5.72. The average Bonchev–Trinajstić information content (AvgIpc) is 3.27. The lowest BCUT2D eigenvalue weighted by Gasteiger charge is -2.27. The van der Waals surface area contributed by atoms with Crippen molar-refractivity contribution in [2.24, 2.45) is 0 Å². The normalized spacial score (nSPS) is 17.2. The van der Waals surface area contributed by atoms with Crippen LogP contribution >= 0.6 is 0 Å². The highest BCUT2D eigenvalue weighted by Gasteiger charge is 2.28. The van der Waals surface area contributed by atoms with Gasteiger partial charge in [-0.05, 0) is 35.9 Å². The van der Waals surface area contributed by atoms with Crippen LogP contribution in [0.3, 0.4) is 0 Å². The lowest BCUT2D eigenvalue weighted by Crippen LogP contribution is -2.41. The fraction of sp³-hybridized carbons (Fsp3) is 0.250. The third-order valence-electron chi connectivity index (χ3n) is 6.67. The molecular formula is C28H30N4O4S. The molecule has 37 heavy (non-hydrogen) atoms. The lowest BCUT2D eigenvalue weighted by atomic mass is 10.00. The Kier molecular flexibility index (Phi) is 7.27. The molecule has 0 atom stereocenters. The Bertz CT molecular complexity index is 1400. The molecule has 5 rings (SSSR count). The Balaban J connectivity index is 1.38. The van der Waals surface area contributed by atoms with Gasteiger partial charge in [0.05, 0.1) is 35.9 Å². The van der Waals surface area contributed by atoms with Gasteiger partial charge in [-0.15, -0.1) is 0 Å². The van der Waals surface area contributed by atoms with E-state index in [0.29, 0.717) is 36.7 Å². The molecule has 2 N–H and O–H groups in total. The number of rotatable bonds is 8. The van der Waals surface area contributed by atoms with Crippen molar-refractivity contribution in [2.75, 3.05) is 60.6 Å². The Morgan fingerprint density at radius 3 is 2.38 bits per heavy atom. The van der Waals surface area contributed by atoms with E-state index in [1.807, 2.05) is 66.7 Å². The van der Waals surface area contributed by atoms with E-state index in [-0.39, 0.29) is 11.7 Å². The van der Waals surface area contributed by atoms with Crippen molar-refractivity contribution < 1.29 is 17.9 Å². The minimum absolute atomic E-state index is 0.0439. The summed E-state index contributed by atoms with van der Waals surface area (Å²) in [6.07, 6.45) is 0. The van der Waals surface area contributed by atoms with Gasteiger partial charge in [0.25, 0.3) is 5.91 Å². The van der Waals surface area contributed by atoms with E-state index in [0.717, 1.165) is 35.6 Å². The summed E-state index contributed by atoms with van der Waals surface area (Å²) >= 11 is 0. The first kappa shape index (κ1) is 25.0. The molecule has 2 heterocycles. The highest BCUT2D eigenvalue weighted by molar-refractivity contribution is 7.92.